The Balaban J connectivity index is 2.30. The van der Waals surface area contributed by atoms with Crippen LogP contribution in [0.4, 0.5) is 5.95 Å². The summed E-state index contributed by atoms with van der Waals surface area (Å²) in [4.78, 5) is 16.3. The number of hydrogen-bond acceptors (Lipinski definition) is 6. The quantitative estimate of drug-likeness (QED) is 0.842. The predicted octanol–water partition coefficient (Wildman–Crippen LogP) is 2.17. The maximum absolute atomic E-state index is 11.9. The van der Waals surface area contributed by atoms with Crippen LogP contribution in [-0.2, 0) is 9.53 Å². The minimum atomic E-state index is -0.854. The number of nitrogens with zero attached hydrogens (tertiary/aromatic N) is 3. The van der Waals surface area contributed by atoms with Crippen LogP contribution in [0.25, 0.3) is 11.0 Å². The highest BCUT2D eigenvalue weighted by Crippen LogP contribution is 2.20. The average Bonchev–Trinajstić information content (AvgIpc) is 2.46. The van der Waals surface area contributed by atoms with E-state index in [0.717, 1.165) is 11.9 Å². The van der Waals surface area contributed by atoms with Crippen molar-refractivity contribution in [2.24, 2.45) is 0 Å². The van der Waals surface area contributed by atoms with Crippen molar-refractivity contribution in [2.45, 2.75) is 32.2 Å². The summed E-state index contributed by atoms with van der Waals surface area (Å²) in [6.45, 7) is 3.78. The first-order valence-corrected chi connectivity index (χ1v) is 6.55. The number of methoxy groups -OCH3 is 1. The largest absolute Gasteiger partial charge is 0.467 e. The second-order valence-corrected chi connectivity index (χ2v) is 4.82. The molecule has 0 aliphatic carbocycles. The van der Waals surface area contributed by atoms with E-state index in [-0.39, 0.29) is 5.97 Å². The van der Waals surface area contributed by atoms with Gasteiger partial charge in [-0.15, -0.1) is 10.2 Å². The van der Waals surface area contributed by atoms with Gasteiger partial charge in [0.25, 0.3) is 0 Å². The van der Waals surface area contributed by atoms with Crippen LogP contribution in [0.2, 0.25) is 0 Å². The van der Waals surface area contributed by atoms with Crippen LogP contribution < -0.4 is 5.32 Å². The Morgan fingerprint density at radius 2 is 2.00 bits per heavy atom. The first kappa shape index (κ1) is 14.2. The van der Waals surface area contributed by atoms with Gasteiger partial charge in [-0.05, 0) is 25.5 Å². The molecule has 2 rings (SSSR count). The number of aromatic nitrogens is 3. The second-order valence-electron chi connectivity index (χ2n) is 4.82. The molecular weight excluding hydrogens is 256 g/mol. The molecular formula is C14H18N4O2. The molecule has 1 unspecified atom stereocenters. The van der Waals surface area contributed by atoms with Crippen LogP contribution in [0.5, 0.6) is 0 Å². The van der Waals surface area contributed by atoms with Crippen LogP contribution in [0.3, 0.4) is 0 Å². The van der Waals surface area contributed by atoms with E-state index >= 15 is 0 Å². The Kier molecular flexibility index (Phi) is 4.12. The second kappa shape index (κ2) is 5.81. The van der Waals surface area contributed by atoms with E-state index in [2.05, 4.69) is 20.5 Å². The van der Waals surface area contributed by atoms with Gasteiger partial charge >= 0.3 is 5.97 Å². The molecule has 0 saturated heterocycles. The molecule has 106 valence electrons. The van der Waals surface area contributed by atoms with Gasteiger partial charge in [0, 0.05) is 0 Å². The monoisotopic (exact) mass is 274 g/mol. The third-order valence-corrected chi connectivity index (χ3v) is 3.13. The normalized spacial score (nSPS) is 13.8. The van der Waals surface area contributed by atoms with E-state index in [4.69, 9.17) is 4.74 Å². The Bertz CT molecular complexity index is 617. The van der Waals surface area contributed by atoms with Crippen molar-refractivity contribution in [1.29, 1.82) is 0 Å². The fourth-order valence-electron chi connectivity index (χ4n) is 2.12. The lowest BCUT2D eigenvalue weighted by atomic mass is 9.96. The predicted molar refractivity (Wildman–Crippen MR) is 76.3 cm³/mol. The van der Waals surface area contributed by atoms with E-state index < -0.39 is 5.54 Å². The van der Waals surface area contributed by atoms with E-state index in [9.17, 15) is 4.79 Å². The number of anilines is 1. The van der Waals surface area contributed by atoms with Crippen LogP contribution in [-0.4, -0.2) is 33.8 Å². The van der Waals surface area contributed by atoms with Crippen molar-refractivity contribution >= 4 is 23.0 Å². The molecule has 0 amide bonds. The molecule has 0 radical (unpaired) electrons. The highest BCUT2D eigenvalue weighted by Gasteiger charge is 2.34. The van der Waals surface area contributed by atoms with E-state index in [1.165, 1.54) is 7.11 Å². The molecule has 1 aromatic heterocycles. The Morgan fingerprint density at radius 3 is 2.65 bits per heavy atom. The minimum absolute atomic E-state index is 0.324. The molecule has 0 aliphatic rings. The molecule has 6 nitrogen and oxygen atoms in total. The lowest BCUT2D eigenvalue weighted by Gasteiger charge is -2.27. The van der Waals surface area contributed by atoms with Gasteiger partial charge in [-0.25, -0.2) is 9.78 Å². The summed E-state index contributed by atoms with van der Waals surface area (Å²) >= 11 is 0. The number of fused-ring (bicyclic) bond motifs is 1. The summed E-state index contributed by atoms with van der Waals surface area (Å²) < 4.78 is 4.85. The number of esters is 1. The van der Waals surface area contributed by atoms with Crippen LogP contribution in [0.15, 0.2) is 24.3 Å². The number of rotatable bonds is 5. The highest BCUT2D eigenvalue weighted by atomic mass is 16.5. The van der Waals surface area contributed by atoms with Gasteiger partial charge in [0.15, 0.2) is 0 Å². The summed E-state index contributed by atoms with van der Waals surface area (Å²) in [5.41, 5.74) is 0.593. The zero-order chi connectivity index (χ0) is 14.6. The molecule has 0 bridgehead atoms. The zero-order valence-corrected chi connectivity index (χ0v) is 11.9. The minimum Gasteiger partial charge on any atom is -0.467 e. The molecule has 1 aromatic carbocycles. The van der Waals surface area contributed by atoms with Gasteiger partial charge in [0.1, 0.15) is 11.1 Å². The van der Waals surface area contributed by atoms with Gasteiger partial charge < -0.3 is 10.1 Å². The summed E-state index contributed by atoms with van der Waals surface area (Å²) in [6, 6.07) is 7.45. The summed E-state index contributed by atoms with van der Waals surface area (Å²) in [6.07, 6.45) is 1.45. The number of carbonyl (C=O) groups excluding carboxylic acids is 1. The molecule has 0 fully saturated rings. The number of nitrogens with one attached hydrogen (secondary N) is 1. The Morgan fingerprint density at radius 1 is 1.30 bits per heavy atom. The fraction of sp³-hybridized carbons (Fsp3) is 0.429. The van der Waals surface area contributed by atoms with Crippen LogP contribution >= 0.6 is 0 Å². The highest BCUT2D eigenvalue weighted by molar-refractivity contribution is 5.83. The maximum Gasteiger partial charge on any atom is 0.331 e. The van der Waals surface area contributed by atoms with Gasteiger partial charge in [0.2, 0.25) is 5.95 Å². The Labute approximate surface area is 117 Å². The molecule has 2 aromatic rings. The summed E-state index contributed by atoms with van der Waals surface area (Å²) in [5.74, 6) is -0.0128. The number of ether oxygens (including phenoxy) is 1. The van der Waals surface area contributed by atoms with Gasteiger partial charge in [-0.3, -0.25) is 0 Å². The van der Waals surface area contributed by atoms with Crippen molar-refractivity contribution in [3.8, 4) is 0 Å². The molecule has 0 spiro atoms. The lowest BCUT2D eigenvalue weighted by molar-refractivity contribution is -0.145. The first-order valence-electron chi connectivity index (χ1n) is 6.55. The van der Waals surface area contributed by atoms with Crippen molar-refractivity contribution < 1.29 is 9.53 Å². The first-order chi connectivity index (χ1) is 9.59. The zero-order valence-electron chi connectivity index (χ0n) is 11.9. The topological polar surface area (TPSA) is 77.0 Å². The smallest absolute Gasteiger partial charge is 0.331 e. The molecule has 6 heteroatoms. The number of para-hydroxylation sites is 1. The maximum atomic E-state index is 11.9. The van der Waals surface area contributed by atoms with Crippen LogP contribution in [0.1, 0.15) is 26.7 Å². The third kappa shape index (κ3) is 2.84. The van der Waals surface area contributed by atoms with E-state index in [1.54, 1.807) is 6.92 Å². The van der Waals surface area contributed by atoms with Crippen molar-refractivity contribution in [1.82, 2.24) is 15.2 Å². The molecule has 1 N–H and O–H groups in total. The standard InChI is InChI=1S/C14H18N4O2/c1-4-9-14(2,12(19)20-3)16-13-15-10-7-5-6-8-11(10)17-18-13/h5-8H,4,9H2,1-3H3,(H,15,16,18). The number of carbonyl (C=O) groups is 1. The van der Waals surface area contributed by atoms with Crippen LogP contribution in [0, 0.1) is 0 Å². The molecule has 0 saturated carbocycles. The summed E-state index contributed by atoms with van der Waals surface area (Å²) in [7, 11) is 1.37. The molecule has 1 atom stereocenters. The van der Waals surface area contributed by atoms with Gasteiger partial charge in [-0.2, -0.15) is 0 Å². The fourth-order valence-corrected chi connectivity index (χ4v) is 2.12. The Hall–Kier alpha value is -2.24. The molecule has 20 heavy (non-hydrogen) atoms. The van der Waals surface area contributed by atoms with Gasteiger partial charge in [-0.1, -0.05) is 25.5 Å². The van der Waals surface area contributed by atoms with Gasteiger partial charge in [0.05, 0.1) is 12.6 Å². The average molecular weight is 274 g/mol. The summed E-state index contributed by atoms with van der Waals surface area (Å²) in [5, 5.41) is 11.1. The number of hydrogen-bond donors (Lipinski definition) is 1. The third-order valence-electron chi connectivity index (χ3n) is 3.13. The molecule has 0 aliphatic heterocycles. The van der Waals surface area contributed by atoms with Crippen molar-refractivity contribution in [3.63, 3.8) is 0 Å². The van der Waals surface area contributed by atoms with Crippen molar-refractivity contribution in [3.05, 3.63) is 24.3 Å². The number of benzene rings is 1. The van der Waals surface area contributed by atoms with E-state index in [1.807, 2.05) is 31.2 Å². The van der Waals surface area contributed by atoms with E-state index in [0.29, 0.717) is 17.9 Å². The molecule has 1 heterocycles. The SMILES string of the molecule is CCCC(C)(Nc1nnc2ccccc2n1)C(=O)OC. The lowest BCUT2D eigenvalue weighted by Crippen LogP contribution is -2.44. The van der Waals surface area contributed by atoms with Crippen molar-refractivity contribution in [2.75, 3.05) is 12.4 Å².